The average molecular weight is 406 g/mol. The zero-order valence-corrected chi connectivity index (χ0v) is 17.0. The fourth-order valence-electron chi connectivity index (χ4n) is 3.61. The first kappa shape index (κ1) is 19.9. The first-order valence-corrected chi connectivity index (χ1v) is 11.2. The summed E-state index contributed by atoms with van der Waals surface area (Å²) in [6.07, 6.45) is 1.38. The van der Waals surface area contributed by atoms with Gasteiger partial charge in [0.2, 0.25) is 10.0 Å². The number of carboxylic acid groups (broad SMARTS) is 1. The minimum absolute atomic E-state index is 0.172. The van der Waals surface area contributed by atoms with Crippen LogP contribution >= 0.6 is 11.8 Å². The summed E-state index contributed by atoms with van der Waals surface area (Å²) in [5, 5.41) is 10.7. The molecule has 1 fully saturated rings. The van der Waals surface area contributed by atoms with Crippen molar-refractivity contribution in [1.29, 1.82) is 0 Å². The second kappa shape index (κ2) is 7.30. The highest BCUT2D eigenvalue weighted by Gasteiger charge is 2.49. The largest absolute Gasteiger partial charge is 0.480 e. The van der Waals surface area contributed by atoms with Crippen molar-refractivity contribution in [1.82, 2.24) is 4.31 Å². The van der Waals surface area contributed by atoms with Gasteiger partial charge in [-0.25, -0.2) is 8.42 Å². The lowest BCUT2D eigenvalue weighted by molar-refractivity contribution is -0.142. The number of hydrogen-bond acceptors (Lipinski definition) is 4. The zero-order chi connectivity index (χ0) is 19.8. The van der Waals surface area contributed by atoms with E-state index in [1.54, 1.807) is 19.9 Å². The van der Waals surface area contributed by atoms with Crippen LogP contribution in [0.4, 0.5) is 0 Å². The van der Waals surface area contributed by atoms with Crippen molar-refractivity contribution in [3.05, 3.63) is 60.7 Å². The van der Waals surface area contributed by atoms with E-state index in [2.05, 4.69) is 6.58 Å². The molecule has 27 heavy (non-hydrogen) atoms. The number of thioether (sulfide) groups is 1. The van der Waals surface area contributed by atoms with Crippen molar-refractivity contribution < 1.29 is 18.3 Å². The molecule has 0 spiro atoms. The van der Waals surface area contributed by atoms with Crippen molar-refractivity contribution in [3.8, 4) is 0 Å². The summed E-state index contributed by atoms with van der Waals surface area (Å²) in [6.45, 7) is 7.45. The Morgan fingerprint density at radius 2 is 1.96 bits per heavy atom. The van der Waals surface area contributed by atoms with E-state index in [1.807, 2.05) is 36.4 Å². The fraction of sp³-hybridized carbons (Fsp3) is 0.350. The molecule has 7 heteroatoms. The molecule has 0 saturated carbocycles. The van der Waals surface area contributed by atoms with Crippen LogP contribution in [0.15, 0.2) is 55.1 Å². The van der Waals surface area contributed by atoms with Gasteiger partial charge < -0.3 is 5.11 Å². The lowest BCUT2D eigenvalue weighted by Crippen LogP contribution is -2.59. The summed E-state index contributed by atoms with van der Waals surface area (Å²) in [6, 6.07) is 12.1. The second-order valence-electron chi connectivity index (χ2n) is 7.11. The standard InChI is InChI=1S/C20H23NO4S2/c1-4-17(16-10-9-14-7-5-6-8-15(14)13-16)27(24,25)21-11-12-26-20(2,3)18(21)19(22)23/h4-10,13,17-18H,1,11-12H2,2-3H3,(H,22,23). The summed E-state index contributed by atoms with van der Waals surface area (Å²) in [7, 11) is -3.94. The molecule has 0 bridgehead atoms. The van der Waals surface area contributed by atoms with E-state index in [4.69, 9.17) is 0 Å². The van der Waals surface area contributed by atoms with E-state index in [9.17, 15) is 18.3 Å². The van der Waals surface area contributed by atoms with Gasteiger partial charge in [0.1, 0.15) is 11.3 Å². The molecular formula is C20H23NO4S2. The Kier molecular flexibility index (Phi) is 5.38. The lowest BCUT2D eigenvalue weighted by atomic mass is 10.0. The molecule has 3 rings (SSSR count). The quantitative estimate of drug-likeness (QED) is 0.768. The van der Waals surface area contributed by atoms with Crippen LogP contribution in [-0.2, 0) is 14.8 Å². The Morgan fingerprint density at radius 1 is 1.30 bits per heavy atom. The lowest BCUT2D eigenvalue weighted by Gasteiger charge is -2.43. The van der Waals surface area contributed by atoms with Gasteiger partial charge in [-0.3, -0.25) is 4.79 Å². The van der Waals surface area contributed by atoms with Gasteiger partial charge in [0.15, 0.2) is 0 Å². The Balaban J connectivity index is 2.06. The molecule has 2 aromatic rings. The minimum Gasteiger partial charge on any atom is -0.480 e. The maximum Gasteiger partial charge on any atom is 0.323 e. The summed E-state index contributed by atoms with van der Waals surface area (Å²) >= 11 is 1.48. The van der Waals surface area contributed by atoms with Gasteiger partial charge in [0.05, 0.1) is 0 Å². The van der Waals surface area contributed by atoms with E-state index >= 15 is 0 Å². The van der Waals surface area contributed by atoms with E-state index in [-0.39, 0.29) is 6.54 Å². The molecule has 1 saturated heterocycles. The van der Waals surface area contributed by atoms with E-state index in [0.29, 0.717) is 11.3 Å². The molecule has 0 radical (unpaired) electrons. The summed E-state index contributed by atoms with van der Waals surface area (Å²) in [5.74, 6) is -0.575. The number of carboxylic acids is 1. The number of sulfonamides is 1. The molecule has 1 aliphatic heterocycles. The molecule has 1 heterocycles. The van der Waals surface area contributed by atoms with Gasteiger partial charge in [-0.1, -0.05) is 42.5 Å². The van der Waals surface area contributed by atoms with Crippen molar-refractivity contribution in [3.63, 3.8) is 0 Å². The van der Waals surface area contributed by atoms with Gasteiger partial charge in [-0.05, 0) is 36.2 Å². The summed E-state index contributed by atoms with van der Waals surface area (Å²) in [5.41, 5.74) is 0.587. The topological polar surface area (TPSA) is 74.7 Å². The highest BCUT2D eigenvalue weighted by atomic mass is 32.2. The molecule has 1 aliphatic rings. The number of rotatable bonds is 5. The molecule has 1 N–H and O–H groups in total. The van der Waals surface area contributed by atoms with Crippen LogP contribution in [-0.4, -0.2) is 46.9 Å². The van der Waals surface area contributed by atoms with Crippen LogP contribution in [0.5, 0.6) is 0 Å². The minimum atomic E-state index is -3.94. The van der Waals surface area contributed by atoms with Crippen LogP contribution in [0.2, 0.25) is 0 Å². The molecule has 2 unspecified atom stereocenters. The Hall–Kier alpha value is -1.83. The smallest absolute Gasteiger partial charge is 0.323 e. The van der Waals surface area contributed by atoms with Crippen LogP contribution in [0.1, 0.15) is 24.7 Å². The maximum atomic E-state index is 13.4. The number of hydrogen-bond donors (Lipinski definition) is 1. The van der Waals surface area contributed by atoms with Crippen molar-refractivity contribution in [2.75, 3.05) is 12.3 Å². The third-order valence-corrected chi connectivity index (χ3v) is 8.44. The number of nitrogens with zero attached hydrogens (tertiary/aromatic N) is 1. The highest BCUT2D eigenvalue weighted by Crippen LogP contribution is 2.40. The SMILES string of the molecule is C=CC(c1ccc2ccccc2c1)S(=O)(=O)N1CCSC(C)(C)C1C(=O)O. The predicted octanol–water partition coefficient (Wildman–Crippen LogP) is 3.68. The number of benzene rings is 2. The van der Waals surface area contributed by atoms with Gasteiger partial charge >= 0.3 is 5.97 Å². The van der Waals surface area contributed by atoms with Crippen LogP contribution in [0.25, 0.3) is 10.8 Å². The third kappa shape index (κ3) is 3.63. The Morgan fingerprint density at radius 3 is 2.59 bits per heavy atom. The molecule has 0 amide bonds. The van der Waals surface area contributed by atoms with Gasteiger partial charge in [0, 0.05) is 17.0 Å². The molecule has 5 nitrogen and oxygen atoms in total. The first-order valence-electron chi connectivity index (χ1n) is 8.67. The molecule has 2 atom stereocenters. The van der Waals surface area contributed by atoms with Gasteiger partial charge in [-0.15, -0.1) is 6.58 Å². The van der Waals surface area contributed by atoms with E-state index < -0.39 is 32.0 Å². The van der Waals surface area contributed by atoms with Gasteiger partial charge in [0.25, 0.3) is 0 Å². The van der Waals surface area contributed by atoms with Crippen molar-refractivity contribution in [2.45, 2.75) is 29.9 Å². The van der Waals surface area contributed by atoms with E-state index in [0.717, 1.165) is 15.1 Å². The van der Waals surface area contributed by atoms with E-state index in [1.165, 1.54) is 17.8 Å². The van der Waals surface area contributed by atoms with Crippen molar-refractivity contribution in [2.24, 2.45) is 0 Å². The monoisotopic (exact) mass is 405 g/mol. The molecule has 0 aliphatic carbocycles. The summed E-state index contributed by atoms with van der Waals surface area (Å²) < 4.78 is 27.3. The second-order valence-corrected chi connectivity index (χ2v) is 10.9. The summed E-state index contributed by atoms with van der Waals surface area (Å²) in [4.78, 5) is 11.9. The fourth-order valence-corrected chi connectivity index (χ4v) is 7.01. The zero-order valence-electron chi connectivity index (χ0n) is 15.3. The molecule has 144 valence electrons. The predicted molar refractivity (Wildman–Crippen MR) is 110 cm³/mol. The molecular weight excluding hydrogens is 382 g/mol. The van der Waals surface area contributed by atoms with Crippen LogP contribution in [0.3, 0.4) is 0 Å². The highest BCUT2D eigenvalue weighted by molar-refractivity contribution is 8.01. The van der Waals surface area contributed by atoms with Gasteiger partial charge in [-0.2, -0.15) is 16.1 Å². The normalized spacial score (nSPS) is 21.6. The average Bonchev–Trinajstić information content (AvgIpc) is 2.60. The number of fused-ring (bicyclic) bond motifs is 1. The maximum absolute atomic E-state index is 13.4. The Labute approximate surface area is 164 Å². The van der Waals surface area contributed by atoms with Crippen LogP contribution < -0.4 is 0 Å². The third-order valence-electron chi connectivity index (χ3n) is 4.93. The number of carbonyl (C=O) groups is 1. The Bertz CT molecular complexity index is 984. The number of aliphatic carboxylic acids is 1. The molecule has 0 aromatic heterocycles. The van der Waals surface area contributed by atoms with Crippen molar-refractivity contribution >= 4 is 38.5 Å². The first-order chi connectivity index (χ1) is 12.7. The van der Waals surface area contributed by atoms with Crippen LogP contribution in [0, 0.1) is 0 Å². The molecule has 2 aromatic carbocycles.